The van der Waals surface area contributed by atoms with E-state index in [1.54, 1.807) is 12.4 Å². The van der Waals surface area contributed by atoms with Crippen molar-refractivity contribution in [2.24, 2.45) is 5.92 Å². The average Bonchev–Trinajstić information content (AvgIpc) is 2.45. The molecule has 1 aromatic carbocycles. The average molecular weight is 265 g/mol. The zero-order valence-electron chi connectivity index (χ0n) is 11.2. The second kappa shape index (κ2) is 6.48. The third-order valence-electron chi connectivity index (χ3n) is 2.90. The largest absolute Gasteiger partial charge is 0.324 e. The number of nitriles is 1. The summed E-state index contributed by atoms with van der Waals surface area (Å²) < 4.78 is 0. The van der Waals surface area contributed by atoms with Crippen molar-refractivity contribution in [1.82, 2.24) is 4.98 Å². The molecule has 0 saturated carbocycles. The molecule has 0 fully saturated rings. The predicted octanol–water partition coefficient (Wildman–Crippen LogP) is 2.71. The van der Waals surface area contributed by atoms with Crippen LogP contribution in [0.1, 0.15) is 11.1 Å². The number of benzene rings is 1. The molecule has 100 valence electrons. The third kappa shape index (κ3) is 3.66. The lowest BCUT2D eigenvalue weighted by molar-refractivity contribution is -0.118. The number of pyridine rings is 1. The highest BCUT2D eigenvalue weighted by atomic mass is 16.1. The van der Waals surface area contributed by atoms with Crippen molar-refractivity contribution in [2.45, 2.75) is 13.3 Å². The van der Waals surface area contributed by atoms with Gasteiger partial charge in [0.25, 0.3) is 0 Å². The Balaban J connectivity index is 2.05. The Kier molecular flexibility index (Phi) is 4.46. The molecule has 1 amide bonds. The lowest BCUT2D eigenvalue weighted by Crippen LogP contribution is -2.23. The summed E-state index contributed by atoms with van der Waals surface area (Å²) in [6.45, 7) is 1.90. The minimum Gasteiger partial charge on any atom is -0.324 e. The molecule has 0 saturated heterocycles. The summed E-state index contributed by atoms with van der Waals surface area (Å²) in [7, 11) is 0. The van der Waals surface area contributed by atoms with E-state index in [9.17, 15) is 4.79 Å². The van der Waals surface area contributed by atoms with E-state index in [1.807, 2.05) is 43.3 Å². The molecule has 0 radical (unpaired) electrons. The smallest absolute Gasteiger partial charge is 0.242 e. The zero-order valence-corrected chi connectivity index (χ0v) is 11.2. The minimum atomic E-state index is -0.710. The first kappa shape index (κ1) is 13.8. The van der Waals surface area contributed by atoms with Crippen LogP contribution in [0.5, 0.6) is 0 Å². The Morgan fingerprint density at radius 3 is 2.75 bits per heavy atom. The molecule has 1 heterocycles. The Labute approximate surface area is 118 Å². The van der Waals surface area contributed by atoms with Crippen molar-refractivity contribution in [3.8, 4) is 6.07 Å². The van der Waals surface area contributed by atoms with Crippen LogP contribution in [0.15, 0.2) is 48.8 Å². The first-order valence-corrected chi connectivity index (χ1v) is 6.35. The number of amides is 1. The van der Waals surface area contributed by atoms with Gasteiger partial charge in [-0.3, -0.25) is 9.78 Å². The molecule has 1 unspecified atom stereocenters. The summed E-state index contributed by atoms with van der Waals surface area (Å²) in [5, 5.41) is 11.9. The van der Waals surface area contributed by atoms with E-state index < -0.39 is 5.92 Å². The minimum absolute atomic E-state index is 0.302. The van der Waals surface area contributed by atoms with E-state index in [1.165, 1.54) is 0 Å². The number of hydrogen-bond donors (Lipinski definition) is 1. The fraction of sp³-hybridized carbons (Fsp3) is 0.188. The quantitative estimate of drug-likeness (QED) is 0.924. The first-order valence-electron chi connectivity index (χ1n) is 6.35. The highest BCUT2D eigenvalue weighted by Crippen LogP contribution is 2.12. The number of nitrogens with zero attached hydrogens (tertiary/aromatic N) is 2. The van der Waals surface area contributed by atoms with Crippen LogP contribution in [0.4, 0.5) is 5.69 Å². The second-order valence-corrected chi connectivity index (χ2v) is 4.61. The van der Waals surface area contributed by atoms with Crippen LogP contribution < -0.4 is 5.32 Å². The number of carbonyl (C=O) groups excluding carboxylic acids is 1. The van der Waals surface area contributed by atoms with E-state index in [0.29, 0.717) is 12.1 Å². The van der Waals surface area contributed by atoms with Crippen LogP contribution >= 0.6 is 0 Å². The first-order chi connectivity index (χ1) is 9.69. The van der Waals surface area contributed by atoms with Gasteiger partial charge in [0.05, 0.1) is 18.0 Å². The molecule has 0 aliphatic heterocycles. The van der Waals surface area contributed by atoms with Gasteiger partial charge in [-0.15, -0.1) is 0 Å². The SMILES string of the molecule is Cc1cncc(NC(=O)C(C#N)Cc2ccccc2)c1. The summed E-state index contributed by atoms with van der Waals surface area (Å²) in [5.74, 6) is -1.01. The molecule has 1 atom stereocenters. The summed E-state index contributed by atoms with van der Waals surface area (Å²) in [6, 6.07) is 13.4. The van der Waals surface area contributed by atoms with Gasteiger partial charge in [0.1, 0.15) is 5.92 Å². The van der Waals surface area contributed by atoms with Gasteiger partial charge in [0, 0.05) is 6.20 Å². The molecule has 1 aromatic heterocycles. The maximum Gasteiger partial charge on any atom is 0.242 e. The van der Waals surface area contributed by atoms with Gasteiger partial charge in [-0.25, -0.2) is 0 Å². The molecule has 2 rings (SSSR count). The second-order valence-electron chi connectivity index (χ2n) is 4.61. The lowest BCUT2D eigenvalue weighted by atomic mass is 10.00. The Morgan fingerprint density at radius 1 is 1.35 bits per heavy atom. The summed E-state index contributed by atoms with van der Waals surface area (Å²) in [4.78, 5) is 16.1. The van der Waals surface area contributed by atoms with Crippen molar-refractivity contribution >= 4 is 11.6 Å². The molecule has 4 nitrogen and oxygen atoms in total. The van der Waals surface area contributed by atoms with E-state index in [0.717, 1.165) is 11.1 Å². The van der Waals surface area contributed by atoms with Gasteiger partial charge in [-0.05, 0) is 30.5 Å². The summed E-state index contributed by atoms with van der Waals surface area (Å²) in [5.41, 5.74) is 2.54. The van der Waals surface area contributed by atoms with Crippen molar-refractivity contribution in [3.63, 3.8) is 0 Å². The summed E-state index contributed by atoms with van der Waals surface area (Å²) >= 11 is 0. The number of nitrogens with one attached hydrogen (secondary N) is 1. The molecular weight excluding hydrogens is 250 g/mol. The van der Waals surface area contributed by atoms with Gasteiger partial charge < -0.3 is 5.32 Å². The van der Waals surface area contributed by atoms with Crippen molar-refractivity contribution in [1.29, 1.82) is 5.26 Å². The zero-order chi connectivity index (χ0) is 14.4. The van der Waals surface area contributed by atoms with Crippen LogP contribution in [0.3, 0.4) is 0 Å². The molecule has 0 bridgehead atoms. The van der Waals surface area contributed by atoms with Crippen molar-refractivity contribution in [3.05, 3.63) is 59.9 Å². The number of hydrogen-bond acceptors (Lipinski definition) is 3. The highest BCUT2D eigenvalue weighted by molar-refractivity contribution is 5.94. The number of carbonyl (C=O) groups is 1. The number of aromatic nitrogens is 1. The fourth-order valence-corrected chi connectivity index (χ4v) is 1.90. The van der Waals surface area contributed by atoms with Crippen LogP contribution in [0, 0.1) is 24.2 Å². The van der Waals surface area contributed by atoms with Crippen LogP contribution in [0.2, 0.25) is 0 Å². The highest BCUT2D eigenvalue weighted by Gasteiger charge is 2.18. The van der Waals surface area contributed by atoms with E-state index in [2.05, 4.69) is 16.4 Å². The molecule has 2 aromatic rings. The topological polar surface area (TPSA) is 65.8 Å². The van der Waals surface area contributed by atoms with E-state index in [4.69, 9.17) is 5.26 Å². The molecule has 1 N–H and O–H groups in total. The molecule has 20 heavy (non-hydrogen) atoms. The monoisotopic (exact) mass is 265 g/mol. The summed E-state index contributed by atoms with van der Waals surface area (Å²) in [6.07, 6.45) is 3.69. The van der Waals surface area contributed by atoms with Gasteiger partial charge in [0.15, 0.2) is 0 Å². The predicted molar refractivity (Wildman–Crippen MR) is 76.9 cm³/mol. The van der Waals surface area contributed by atoms with Gasteiger partial charge in [-0.2, -0.15) is 5.26 Å². The van der Waals surface area contributed by atoms with Crippen LogP contribution in [-0.2, 0) is 11.2 Å². The lowest BCUT2D eigenvalue weighted by Gasteiger charge is -2.10. The van der Waals surface area contributed by atoms with Gasteiger partial charge in [0.2, 0.25) is 5.91 Å². The number of rotatable bonds is 4. The molecular formula is C16H15N3O. The Hall–Kier alpha value is -2.67. The number of aryl methyl sites for hydroxylation is 1. The number of anilines is 1. The van der Waals surface area contributed by atoms with Crippen molar-refractivity contribution in [2.75, 3.05) is 5.32 Å². The van der Waals surface area contributed by atoms with Crippen LogP contribution in [-0.4, -0.2) is 10.9 Å². The molecule has 4 heteroatoms. The third-order valence-corrected chi connectivity index (χ3v) is 2.90. The maximum atomic E-state index is 12.1. The molecule has 0 aliphatic carbocycles. The van der Waals surface area contributed by atoms with Crippen molar-refractivity contribution < 1.29 is 4.79 Å². The maximum absolute atomic E-state index is 12.1. The van der Waals surface area contributed by atoms with E-state index >= 15 is 0 Å². The van der Waals surface area contributed by atoms with Gasteiger partial charge >= 0.3 is 0 Å². The Bertz CT molecular complexity index is 632. The normalized spacial score (nSPS) is 11.4. The molecule has 0 aliphatic rings. The van der Waals surface area contributed by atoms with Crippen LogP contribution in [0.25, 0.3) is 0 Å². The standard InChI is InChI=1S/C16H15N3O/c1-12-7-15(11-18-10-12)19-16(20)14(9-17)8-13-5-3-2-4-6-13/h2-7,10-11,14H,8H2,1H3,(H,19,20). The van der Waals surface area contributed by atoms with E-state index in [-0.39, 0.29) is 5.91 Å². The molecule has 0 spiro atoms. The fourth-order valence-electron chi connectivity index (χ4n) is 1.90. The van der Waals surface area contributed by atoms with Gasteiger partial charge in [-0.1, -0.05) is 30.3 Å². The Morgan fingerprint density at radius 2 is 2.10 bits per heavy atom.